The molecule has 0 fully saturated rings. The van der Waals surface area contributed by atoms with E-state index in [0.717, 1.165) is 17.9 Å². The van der Waals surface area contributed by atoms with Crippen molar-refractivity contribution in [3.8, 4) is 5.88 Å². The zero-order valence-corrected chi connectivity index (χ0v) is 12.3. The molecule has 19 heavy (non-hydrogen) atoms. The summed E-state index contributed by atoms with van der Waals surface area (Å²) in [5, 5.41) is 0. The number of alkyl halides is 1. The summed E-state index contributed by atoms with van der Waals surface area (Å²) in [6, 6.07) is 0.318. The first-order chi connectivity index (χ1) is 9.22. The Balaban J connectivity index is 2.51. The molecule has 2 aromatic rings. The van der Waals surface area contributed by atoms with Gasteiger partial charge in [0, 0.05) is 6.04 Å². The van der Waals surface area contributed by atoms with E-state index in [1.807, 2.05) is 0 Å². The summed E-state index contributed by atoms with van der Waals surface area (Å²) < 4.78 is 7.33. The monoisotopic (exact) mass is 282 g/mol. The van der Waals surface area contributed by atoms with E-state index in [-0.39, 0.29) is 0 Å². The molecule has 0 aliphatic rings. The maximum Gasteiger partial charge on any atom is 0.245 e. The van der Waals surface area contributed by atoms with Crippen LogP contribution in [0.4, 0.5) is 0 Å². The van der Waals surface area contributed by atoms with E-state index in [1.165, 1.54) is 19.2 Å². The van der Waals surface area contributed by atoms with Gasteiger partial charge < -0.3 is 9.30 Å². The van der Waals surface area contributed by atoms with Crippen LogP contribution >= 0.6 is 11.6 Å². The Morgan fingerprint density at radius 3 is 2.84 bits per heavy atom. The molecule has 6 heteroatoms. The number of halogens is 1. The van der Waals surface area contributed by atoms with Gasteiger partial charge in [-0.25, -0.2) is 9.97 Å². The molecule has 2 aromatic heterocycles. The fourth-order valence-electron chi connectivity index (χ4n) is 2.27. The topological polar surface area (TPSA) is 52.8 Å². The molecule has 2 heterocycles. The van der Waals surface area contributed by atoms with E-state index in [1.54, 1.807) is 7.11 Å². The van der Waals surface area contributed by atoms with Crippen molar-refractivity contribution in [1.82, 2.24) is 19.5 Å². The summed E-state index contributed by atoms with van der Waals surface area (Å²) in [5.74, 6) is 1.67. The van der Waals surface area contributed by atoms with Crippen LogP contribution in [-0.4, -0.2) is 26.6 Å². The lowest BCUT2D eigenvalue weighted by Crippen LogP contribution is -2.09. The average molecular weight is 283 g/mol. The van der Waals surface area contributed by atoms with Gasteiger partial charge in [-0.15, -0.1) is 11.6 Å². The van der Waals surface area contributed by atoms with Crippen molar-refractivity contribution in [1.29, 1.82) is 0 Å². The highest BCUT2D eigenvalue weighted by Gasteiger charge is 2.19. The van der Waals surface area contributed by atoms with E-state index in [4.69, 9.17) is 16.3 Å². The zero-order valence-electron chi connectivity index (χ0n) is 11.6. The van der Waals surface area contributed by atoms with Crippen molar-refractivity contribution in [3.05, 3.63) is 12.2 Å². The first-order valence-electron chi connectivity index (χ1n) is 6.54. The third-order valence-corrected chi connectivity index (χ3v) is 3.48. The van der Waals surface area contributed by atoms with Crippen LogP contribution in [-0.2, 0) is 5.88 Å². The van der Waals surface area contributed by atoms with Crippen LogP contribution < -0.4 is 4.74 Å². The van der Waals surface area contributed by atoms with Crippen molar-refractivity contribution < 1.29 is 4.74 Å². The number of nitrogens with zero attached hydrogens (tertiary/aromatic N) is 4. The Labute approximate surface area is 118 Å². The number of rotatable bonds is 6. The molecule has 0 aliphatic heterocycles. The third kappa shape index (κ3) is 2.66. The lowest BCUT2D eigenvalue weighted by atomic mass is 10.1. The van der Waals surface area contributed by atoms with Gasteiger partial charge in [0.15, 0.2) is 11.2 Å². The van der Waals surface area contributed by atoms with Crippen molar-refractivity contribution in [3.63, 3.8) is 0 Å². The Bertz CT molecular complexity index is 555. The molecule has 2 rings (SSSR count). The molecule has 5 nitrogen and oxygen atoms in total. The molecule has 0 amide bonds. The summed E-state index contributed by atoms with van der Waals surface area (Å²) in [5.41, 5.74) is 1.48. The standard InChI is InChI=1S/C13H19ClN4O/c1-4-5-6-9(2)18-10(7-14)17-11-12(18)15-8-16-13(11)19-3/h8-9H,4-7H2,1-3H3. The largest absolute Gasteiger partial charge is 0.479 e. The number of ether oxygens (including phenoxy) is 1. The predicted molar refractivity (Wildman–Crippen MR) is 75.7 cm³/mol. The Kier molecular flexibility index (Phi) is 4.58. The van der Waals surface area contributed by atoms with Crippen LogP contribution in [0.2, 0.25) is 0 Å². The second-order valence-corrected chi connectivity index (χ2v) is 4.85. The number of hydrogen-bond donors (Lipinski definition) is 0. The van der Waals surface area contributed by atoms with E-state index in [2.05, 4.69) is 33.4 Å². The van der Waals surface area contributed by atoms with Crippen molar-refractivity contribution in [2.75, 3.05) is 7.11 Å². The van der Waals surface area contributed by atoms with Gasteiger partial charge in [0.05, 0.1) is 13.0 Å². The molecule has 0 aliphatic carbocycles. The first-order valence-corrected chi connectivity index (χ1v) is 7.08. The summed E-state index contributed by atoms with van der Waals surface area (Å²) in [7, 11) is 1.58. The summed E-state index contributed by atoms with van der Waals surface area (Å²) in [4.78, 5) is 12.9. The third-order valence-electron chi connectivity index (χ3n) is 3.25. The highest BCUT2D eigenvalue weighted by Crippen LogP contribution is 2.27. The molecule has 104 valence electrons. The second-order valence-electron chi connectivity index (χ2n) is 4.58. The second kappa shape index (κ2) is 6.19. The fourth-order valence-corrected chi connectivity index (χ4v) is 2.46. The normalized spacial score (nSPS) is 12.8. The van der Waals surface area contributed by atoms with Gasteiger partial charge in [0.25, 0.3) is 0 Å². The Hall–Kier alpha value is -1.36. The average Bonchev–Trinajstić information content (AvgIpc) is 2.83. The van der Waals surface area contributed by atoms with Gasteiger partial charge in [0.1, 0.15) is 12.2 Å². The van der Waals surface area contributed by atoms with Gasteiger partial charge >= 0.3 is 0 Å². The smallest absolute Gasteiger partial charge is 0.245 e. The maximum absolute atomic E-state index is 6.00. The molecule has 1 unspecified atom stereocenters. The number of aromatic nitrogens is 4. The number of methoxy groups -OCH3 is 1. The van der Waals surface area contributed by atoms with E-state index < -0.39 is 0 Å². The van der Waals surface area contributed by atoms with Gasteiger partial charge in [-0.3, -0.25) is 0 Å². The number of fused-ring (bicyclic) bond motifs is 1. The minimum atomic E-state index is 0.318. The summed E-state index contributed by atoms with van der Waals surface area (Å²) in [6.07, 6.45) is 4.93. The summed E-state index contributed by atoms with van der Waals surface area (Å²) in [6.45, 7) is 4.35. The lowest BCUT2D eigenvalue weighted by molar-refractivity contribution is 0.401. The minimum absolute atomic E-state index is 0.318. The van der Waals surface area contributed by atoms with Crippen LogP contribution in [0.5, 0.6) is 5.88 Å². The molecule has 0 spiro atoms. The van der Waals surface area contributed by atoms with E-state index >= 15 is 0 Å². The zero-order chi connectivity index (χ0) is 13.8. The highest BCUT2D eigenvalue weighted by atomic mass is 35.5. The number of hydrogen-bond acceptors (Lipinski definition) is 4. The molecule has 0 saturated carbocycles. The molecule has 0 aromatic carbocycles. The lowest BCUT2D eigenvalue weighted by Gasteiger charge is -2.15. The van der Waals surface area contributed by atoms with Crippen LogP contribution in [0.15, 0.2) is 6.33 Å². The molecule has 1 atom stereocenters. The van der Waals surface area contributed by atoms with Crippen LogP contribution in [0.1, 0.15) is 45.0 Å². The molecule has 0 N–H and O–H groups in total. The van der Waals surface area contributed by atoms with Gasteiger partial charge in [-0.1, -0.05) is 19.8 Å². The quantitative estimate of drug-likeness (QED) is 0.763. The molecule has 0 bridgehead atoms. The molecular weight excluding hydrogens is 264 g/mol. The van der Waals surface area contributed by atoms with E-state index in [9.17, 15) is 0 Å². The van der Waals surface area contributed by atoms with Crippen molar-refractivity contribution >= 4 is 22.8 Å². The fraction of sp³-hybridized carbons (Fsp3) is 0.615. The maximum atomic E-state index is 6.00. The first kappa shape index (κ1) is 14.1. The molecule has 0 radical (unpaired) electrons. The molecular formula is C13H19ClN4O. The van der Waals surface area contributed by atoms with Crippen LogP contribution in [0.25, 0.3) is 11.2 Å². The van der Waals surface area contributed by atoms with Gasteiger partial charge in [0.2, 0.25) is 5.88 Å². The minimum Gasteiger partial charge on any atom is -0.479 e. The Morgan fingerprint density at radius 2 is 2.21 bits per heavy atom. The number of unbranched alkanes of at least 4 members (excludes halogenated alkanes) is 1. The van der Waals surface area contributed by atoms with Crippen molar-refractivity contribution in [2.24, 2.45) is 0 Å². The summed E-state index contributed by atoms with van der Waals surface area (Å²) >= 11 is 6.00. The highest BCUT2D eigenvalue weighted by molar-refractivity contribution is 6.16. The van der Waals surface area contributed by atoms with Gasteiger partial charge in [-0.05, 0) is 13.3 Å². The van der Waals surface area contributed by atoms with Crippen molar-refractivity contribution in [2.45, 2.75) is 45.0 Å². The Morgan fingerprint density at radius 1 is 1.42 bits per heavy atom. The van der Waals surface area contributed by atoms with Crippen LogP contribution in [0.3, 0.4) is 0 Å². The van der Waals surface area contributed by atoms with E-state index in [0.29, 0.717) is 23.3 Å². The predicted octanol–water partition coefficient (Wildman–Crippen LogP) is 3.32. The van der Waals surface area contributed by atoms with Gasteiger partial charge in [-0.2, -0.15) is 4.98 Å². The van der Waals surface area contributed by atoms with Crippen LogP contribution in [0, 0.1) is 0 Å². The SMILES string of the molecule is CCCCC(C)n1c(CCl)nc2c(OC)ncnc21. The number of imidazole rings is 1. The molecule has 0 saturated heterocycles.